The molecule has 4 heteroatoms. The minimum Gasteiger partial charge on any atom is -0.396 e. The highest BCUT2D eigenvalue weighted by molar-refractivity contribution is 5.95. The zero-order valence-corrected chi connectivity index (χ0v) is 9.08. The van der Waals surface area contributed by atoms with Crippen molar-refractivity contribution in [1.29, 1.82) is 0 Å². The molecule has 0 saturated carbocycles. The van der Waals surface area contributed by atoms with E-state index in [4.69, 9.17) is 5.11 Å². The lowest BCUT2D eigenvalue weighted by Gasteiger charge is -2.06. The zero-order chi connectivity index (χ0) is 11.3. The van der Waals surface area contributed by atoms with E-state index in [2.05, 4.69) is 10.3 Å². The van der Waals surface area contributed by atoms with Crippen LogP contribution in [-0.2, 0) is 0 Å². The maximum absolute atomic E-state index is 11.6. The van der Waals surface area contributed by atoms with Crippen LogP contribution in [0.1, 0.15) is 28.2 Å². The standard InChI is InChI=1S/C11H16N2O2/c1-8-4-5-10(9(2)13-8)11(15)12-6-3-7-14/h4-5,14H,3,6-7H2,1-2H3,(H,12,15). The van der Waals surface area contributed by atoms with E-state index >= 15 is 0 Å². The van der Waals surface area contributed by atoms with Gasteiger partial charge in [0.2, 0.25) is 0 Å². The number of hydrogen-bond acceptors (Lipinski definition) is 3. The summed E-state index contributed by atoms with van der Waals surface area (Å²) in [6.45, 7) is 4.28. The molecule has 0 saturated heterocycles. The van der Waals surface area contributed by atoms with E-state index in [0.29, 0.717) is 18.5 Å². The van der Waals surface area contributed by atoms with Gasteiger partial charge >= 0.3 is 0 Å². The summed E-state index contributed by atoms with van der Waals surface area (Å²) in [5.41, 5.74) is 2.23. The van der Waals surface area contributed by atoms with Crippen LogP contribution >= 0.6 is 0 Å². The van der Waals surface area contributed by atoms with Gasteiger partial charge in [-0.15, -0.1) is 0 Å². The van der Waals surface area contributed by atoms with Crippen molar-refractivity contribution < 1.29 is 9.90 Å². The summed E-state index contributed by atoms with van der Waals surface area (Å²) in [6.07, 6.45) is 0.573. The van der Waals surface area contributed by atoms with Gasteiger partial charge in [0.15, 0.2) is 0 Å². The monoisotopic (exact) mass is 208 g/mol. The van der Waals surface area contributed by atoms with Crippen molar-refractivity contribution in [1.82, 2.24) is 10.3 Å². The van der Waals surface area contributed by atoms with Crippen LogP contribution in [-0.4, -0.2) is 29.1 Å². The summed E-state index contributed by atoms with van der Waals surface area (Å²) in [5.74, 6) is -0.131. The largest absolute Gasteiger partial charge is 0.396 e. The Bertz CT molecular complexity index is 350. The molecule has 2 N–H and O–H groups in total. The van der Waals surface area contributed by atoms with Crippen molar-refractivity contribution in [3.05, 3.63) is 29.1 Å². The number of aromatic nitrogens is 1. The Morgan fingerprint density at radius 1 is 1.47 bits per heavy atom. The van der Waals surface area contributed by atoms with Gasteiger partial charge in [-0.2, -0.15) is 0 Å². The lowest BCUT2D eigenvalue weighted by Crippen LogP contribution is -2.26. The SMILES string of the molecule is Cc1ccc(C(=O)NCCCO)c(C)n1. The summed E-state index contributed by atoms with van der Waals surface area (Å²) in [6, 6.07) is 3.58. The second kappa shape index (κ2) is 5.46. The van der Waals surface area contributed by atoms with Crippen LogP contribution in [0, 0.1) is 13.8 Å². The number of aliphatic hydroxyl groups excluding tert-OH is 1. The van der Waals surface area contributed by atoms with E-state index in [1.165, 1.54) is 0 Å². The first-order valence-corrected chi connectivity index (χ1v) is 4.98. The molecule has 4 nitrogen and oxygen atoms in total. The number of hydrogen-bond donors (Lipinski definition) is 2. The van der Waals surface area contributed by atoms with Crippen LogP contribution in [0.25, 0.3) is 0 Å². The average molecular weight is 208 g/mol. The normalized spacial score (nSPS) is 10.1. The Morgan fingerprint density at radius 3 is 2.80 bits per heavy atom. The molecular formula is C11H16N2O2. The van der Waals surface area contributed by atoms with Gasteiger partial charge < -0.3 is 10.4 Å². The molecule has 0 aliphatic carbocycles. The van der Waals surface area contributed by atoms with Crippen LogP contribution in [0.15, 0.2) is 12.1 Å². The number of nitrogens with zero attached hydrogens (tertiary/aromatic N) is 1. The predicted molar refractivity (Wildman–Crippen MR) is 57.7 cm³/mol. The fraction of sp³-hybridized carbons (Fsp3) is 0.455. The minimum atomic E-state index is -0.131. The summed E-state index contributed by atoms with van der Waals surface area (Å²) >= 11 is 0. The molecule has 1 heterocycles. The van der Waals surface area contributed by atoms with Crippen molar-refractivity contribution in [2.75, 3.05) is 13.2 Å². The first-order valence-electron chi connectivity index (χ1n) is 4.98. The average Bonchev–Trinajstić information content (AvgIpc) is 2.17. The molecule has 0 aliphatic rings. The molecule has 0 fully saturated rings. The maximum atomic E-state index is 11.6. The molecule has 1 aromatic rings. The van der Waals surface area contributed by atoms with Crippen LogP contribution < -0.4 is 5.32 Å². The highest BCUT2D eigenvalue weighted by Gasteiger charge is 2.08. The minimum absolute atomic E-state index is 0.0887. The lowest BCUT2D eigenvalue weighted by molar-refractivity contribution is 0.0950. The first kappa shape index (κ1) is 11.7. The molecule has 0 unspecified atom stereocenters. The molecule has 0 radical (unpaired) electrons. The van der Waals surface area contributed by atoms with Crippen molar-refractivity contribution in [3.63, 3.8) is 0 Å². The van der Waals surface area contributed by atoms with Crippen molar-refractivity contribution in [3.8, 4) is 0 Å². The van der Waals surface area contributed by atoms with E-state index in [0.717, 1.165) is 11.4 Å². The van der Waals surface area contributed by atoms with E-state index in [-0.39, 0.29) is 12.5 Å². The predicted octanol–water partition coefficient (Wildman–Crippen LogP) is 0.811. The second-order valence-electron chi connectivity index (χ2n) is 3.42. The Balaban J connectivity index is 2.65. The first-order chi connectivity index (χ1) is 7.15. The van der Waals surface area contributed by atoms with E-state index in [9.17, 15) is 4.79 Å². The number of pyridine rings is 1. The van der Waals surface area contributed by atoms with Gasteiger partial charge in [0.05, 0.1) is 11.3 Å². The number of rotatable bonds is 4. The smallest absolute Gasteiger partial charge is 0.253 e. The molecule has 1 aromatic heterocycles. The van der Waals surface area contributed by atoms with Crippen LogP contribution in [0.5, 0.6) is 0 Å². The number of carbonyl (C=O) groups excluding carboxylic acids is 1. The van der Waals surface area contributed by atoms with Gasteiger partial charge in [-0.25, -0.2) is 0 Å². The fourth-order valence-corrected chi connectivity index (χ4v) is 1.30. The number of carbonyl (C=O) groups is 1. The van der Waals surface area contributed by atoms with Gasteiger partial charge in [-0.3, -0.25) is 9.78 Å². The van der Waals surface area contributed by atoms with Gasteiger partial charge in [-0.05, 0) is 32.4 Å². The molecule has 0 atom stereocenters. The molecule has 0 aromatic carbocycles. The Labute approximate surface area is 89.3 Å². The molecule has 0 bridgehead atoms. The quantitative estimate of drug-likeness (QED) is 0.720. The summed E-state index contributed by atoms with van der Waals surface area (Å²) in [5, 5.41) is 11.3. The van der Waals surface area contributed by atoms with Gasteiger partial charge in [0.1, 0.15) is 0 Å². The van der Waals surface area contributed by atoms with Crippen molar-refractivity contribution >= 4 is 5.91 Å². The Hall–Kier alpha value is -1.42. The molecule has 0 spiro atoms. The van der Waals surface area contributed by atoms with Crippen LogP contribution in [0.2, 0.25) is 0 Å². The third kappa shape index (κ3) is 3.32. The maximum Gasteiger partial charge on any atom is 0.253 e. The number of aryl methyl sites for hydroxylation is 2. The second-order valence-corrected chi connectivity index (χ2v) is 3.42. The third-order valence-corrected chi connectivity index (χ3v) is 2.09. The van der Waals surface area contributed by atoms with Gasteiger partial charge in [-0.1, -0.05) is 0 Å². The van der Waals surface area contributed by atoms with E-state index < -0.39 is 0 Å². The van der Waals surface area contributed by atoms with Crippen molar-refractivity contribution in [2.24, 2.45) is 0 Å². The van der Waals surface area contributed by atoms with Crippen LogP contribution in [0.4, 0.5) is 0 Å². The summed E-state index contributed by atoms with van der Waals surface area (Å²) < 4.78 is 0. The highest BCUT2D eigenvalue weighted by Crippen LogP contribution is 2.05. The van der Waals surface area contributed by atoms with E-state index in [1.807, 2.05) is 19.9 Å². The van der Waals surface area contributed by atoms with Gasteiger partial charge in [0, 0.05) is 18.8 Å². The molecular weight excluding hydrogens is 192 g/mol. The number of amides is 1. The van der Waals surface area contributed by atoms with E-state index in [1.54, 1.807) is 6.07 Å². The number of nitrogens with one attached hydrogen (secondary N) is 1. The number of aliphatic hydroxyl groups is 1. The molecule has 82 valence electrons. The molecule has 1 rings (SSSR count). The van der Waals surface area contributed by atoms with Gasteiger partial charge in [0.25, 0.3) is 5.91 Å². The fourth-order valence-electron chi connectivity index (χ4n) is 1.30. The highest BCUT2D eigenvalue weighted by atomic mass is 16.3. The van der Waals surface area contributed by atoms with Crippen molar-refractivity contribution in [2.45, 2.75) is 20.3 Å². The Kier molecular flexibility index (Phi) is 4.24. The summed E-state index contributed by atoms with van der Waals surface area (Å²) in [4.78, 5) is 15.8. The summed E-state index contributed by atoms with van der Waals surface area (Å²) in [7, 11) is 0. The third-order valence-electron chi connectivity index (χ3n) is 2.09. The lowest BCUT2D eigenvalue weighted by atomic mass is 10.1. The molecule has 0 aliphatic heterocycles. The topological polar surface area (TPSA) is 62.2 Å². The Morgan fingerprint density at radius 2 is 2.20 bits per heavy atom. The molecule has 1 amide bonds. The zero-order valence-electron chi connectivity index (χ0n) is 9.08. The molecule has 15 heavy (non-hydrogen) atoms. The van der Waals surface area contributed by atoms with Crippen LogP contribution in [0.3, 0.4) is 0 Å².